The van der Waals surface area contributed by atoms with Crippen LogP contribution in [0.3, 0.4) is 0 Å². The topological polar surface area (TPSA) is 88.9 Å². The number of aryl methyl sites for hydroxylation is 1. The molecule has 29 heavy (non-hydrogen) atoms. The molecular weight excluding hydrogens is 386 g/mol. The van der Waals surface area contributed by atoms with E-state index in [4.69, 9.17) is 0 Å². The normalized spacial score (nSPS) is 10.6. The van der Waals surface area contributed by atoms with Gasteiger partial charge < -0.3 is 15.2 Å². The van der Waals surface area contributed by atoms with Crippen LogP contribution in [0.25, 0.3) is 0 Å². The molecule has 1 heterocycles. The minimum Gasteiger partial charge on any atom is -0.345 e. The summed E-state index contributed by atoms with van der Waals surface area (Å²) in [5, 5.41) is 14.6. The molecule has 0 saturated heterocycles. The Hall–Kier alpha value is -3.13. The van der Waals surface area contributed by atoms with Crippen LogP contribution in [0.4, 0.5) is 5.69 Å². The average molecular weight is 410 g/mol. The molecule has 0 fully saturated rings. The SMILES string of the molecule is CCc1ccccc1NC(=O)CSc1nnc(CNC(=O)c2ccccc2)n1C. The summed E-state index contributed by atoms with van der Waals surface area (Å²) < 4.78 is 1.78. The molecule has 3 rings (SSSR count). The lowest BCUT2D eigenvalue weighted by Gasteiger charge is -2.09. The minimum atomic E-state index is -0.170. The number of aromatic nitrogens is 3. The molecule has 0 aliphatic rings. The molecule has 0 bridgehead atoms. The summed E-state index contributed by atoms with van der Waals surface area (Å²) in [5.41, 5.74) is 2.53. The molecule has 150 valence electrons. The fraction of sp³-hybridized carbons (Fsp3) is 0.238. The second-order valence-electron chi connectivity index (χ2n) is 6.35. The first-order valence-corrected chi connectivity index (χ1v) is 10.3. The van der Waals surface area contributed by atoms with Gasteiger partial charge in [0.2, 0.25) is 5.91 Å². The highest BCUT2D eigenvalue weighted by Gasteiger charge is 2.13. The molecular formula is C21H23N5O2S. The largest absolute Gasteiger partial charge is 0.345 e. The van der Waals surface area contributed by atoms with Crippen LogP contribution >= 0.6 is 11.8 Å². The fourth-order valence-electron chi connectivity index (χ4n) is 2.74. The molecule has 0 aliphatic heterocycles. The van der Waals surface area contributed by atoms with Crippen molar-refractivity contribution >= 4 is 29.3 Å². The van der Waals surface area contributed by atoms with Crippen molar-refractivity contribution in [1.82, 2.24) is 20.1 Å². The number of thioether (sulfide) groups is 1. The zero-order chi connectivity index (χ0) is 20.6. The van der Waals surface area contributed by atoms with Gasteiger partial charge in [-0.2, -0.15) is 0 Å². The van der Waals surface area contributed by atoms with Crippen LogP contribution in [0.15, 0.2) is 59.8 Å². The number of benzene rings is 2. The van der Waals surface area contributed by atoms with Crippen molar-refractivity contribution in [3.63, 3.8) is 0 Å². The second-order valence-corrected chi connectivity index (χ2v) is 7.30. The Labute approximate surface area is 173 Å². The molecule has 1 aromatic heterocycles. The first kappa shape index (κ1) is 20.6. The van der Waals surface area contributed by atoms with E-state index < -0.39 is 0 Å². The van der Waals surface area contributed by atoms with Crippen molar-refractivity contribution in [3.8, 4) is 0 Å². The van der Waals surface area contributed by atoms with E-state index in [1.165, 1.54) is 11.8 Å². The van der Waals surface area contributed by atoms with E-state index in [0.717, 1.165) is 17.7 Å². The Kier molecular flexibility index (Phi) is 7.02. The monoisotopic (exact) mass is 409 g/mol. The summed E-state index contributed by atoms with van der Waals surface area (Å²) in [6.45, 7) is 2.31. The predicted molar refractivity (Wildman–Crippen MR) is 114 cm³/mol. The molecule has 0 atom stereocenters. The van der Waals surface area contributed by atoms with Crippen LogP contribution in [0, 0.1) is 0 Å². The maximum absolute atomic E-state index is 12.3. The Morgan fingerprint density at radius 1 is 1.03 bits per heavy atom. The van der Waals surface area contributed by atoms with E-state index >= 15 is 0 Å². The van der Waals surface area contributed by atoms with E-state index in [9.17, 15) is 9.59 Å². The van der Waals surface area contributed by atoms with Gasteiger partial charge >= 0.3 is 0 Å². The molecule has 0 spiro atoms. The highest BCUT2D eigenvalue weighted by Crippen LogP contribution is 2.18. The predicted octanol–water partition coefficient (Wildman–Crippen LogP) is 3.04. The van der Waals surface area contributed by atoms with Crippen LogP contribution in [0.2, 0.25) is 0 Å². The highest BCUT2D eigenvalue weighted by molar-refractivity contribution is 7.99. The third-order valence-electron chi connectivity index (χ3n) is 4.37. The first-order valence-electron chi connectivity index (χ1n) is 9.30. The molecule has 0 saturated carbocycles. The van der Waals surface area contributed by atoms with Crippen molar-refractivity contribution in [2.75, 3.05) is 11.1 Å². The van der Waals surface area contributed by atoms with Gasteiger partial charge in [-0.25, -0.2) is 0 Å². The molecule has 7 nitrogen and oxygen atoms in total. The summed E-state index contributed by atoms with van der Waals surface area (Å²) >= 11 is 1.30. The van der Waals surface area contributed by atoms with Crippen LogP contribution in [-0.4, -0.2) is 32.3 Å². The van der Waals surface area contributed by atoms with E-state index in [1.807, 2.05) is 49.5 Å². The number of rotatable bonds is 8. The average Bonchev–Trinajstić information content (AvgIpc) is 3.11. The molecule has 2 aromatic carbocycles. The third kappa shape index (κ3) is 5.45. The van der Waals surface area contributed by atoms with Crippen molar-refractivity contribution in [2.24, 2.45) is 7.05 Å². The number of hydrogen-bond donors (Lipinski definition) is 2. The number of nitrogens with one attached hydrogen (secondary N) is 2. The van der Waals surface area contributed by atoms with E-state index in [0.29, 0.717) is 16.5 Å². The van der Waals surface area contributed by atoms with Crippen LogP contribution in [-0.2, 0) is 24.8 Å². The third-order valence-corrected chi connectivity index (χ3v) is 5.39. The minimum absolute atomic E-state index is 0.0992. The molecule has 0 radical (unpaired) electrons. The van der Waals surface area contributed by atoms with Crippen molar-refractivity contribution in [2.45, 2.75) is 25.0 Å². The summed E-state index contributed by atoms with van der Waals surface area (Å²) in [6, 6.07) is 16.8. The number of amides is 2. The Balaban J connectivity index is 1.53. The second kappa shape index (κ2) is 9.88. The Bertz CT molecular complexity index is 988. The Morgan fingerprint density at radius 2 is 1.76 bits per heavy atom. The van der Waals surface area contributed by atoms with Gasteiger partial charge in [0.05, 0.1) is 12.3 Å². The van der Waals surface area contributed by atoms with Crippen LogP contribution < -0.4 is 10.6 Å². The zero-order valence-corrected chi connectivity index (χ0v) is 17.2. The highest BCUT2D eigenvalue weighted by atomic mass is 32.2. The van der Waals surface area contributed by atoms with Crippen molar-refractivity contribution in [1.29, 1.82) is 0 Å². The molecule has 0 aliphatic carbocycles. The van der Waals surface area contributed by atoms with Gasteiger partial charge in [0.15, 0.2) is 11.0 Å². The maximum Gasteiger partial charge on any atom is 0.251 e. The van der Waals surface area contributed by atoms with Gasteiger partial charge in [-0.1, -0.05) is 55.1 Å². The summed E-state index contributed by atoms with van der Waals surface area (Å²) in [4.78, 5) is 24.4. The van der Waals surface area contributed by atoms with Crippen LogP contribution in [0.5, 0.6) is 0 Å². The first-order chi connectivity index (χ1) is 14.1. The van der Waals surface area contributed by atoms with Gasteiger partial charge in [0.25, 0.3) is 5.91 Å². The smallest absolute Gasteiger partial charge is 0.251 e. The number of para-hydroxylation sites is 1. The number of hydrogen-bond acceptors (Lipinski definition) is 5. The fourth-order valence-corrected chi connectivity index (χ4v) is 3.47. The molecule has 2 amide bonds. The lowest BCUT2D eigenvalue weighted by molar-refractivity contribution is -0.113. The lowest BCUT2D eigenvalue weighted by Crippen LogP contribution is -2.24. The van der Waals surface area contributed by atoms with Gasteiger partial charge in [0, 0.05) is 18.3 Å². The quantitative estimate of drug-likeness (QED) is 0.558. The summed E-state index contributed by atoms with van der Waals surface area (Å²) in [7, 11) is 1.82. The maximum atomic E-state index is 12.3. The number of anilines is 1. The van der Waals surface area contributed by atoms with Gasteiger partial charge in [-0.15, -0.1) is 10.2 Å². The number of carbonyl (C=O) groups excluding carboxylic acids is 2. The molecule has 3 aromatic rings. The number of carbonyl (C=O) groups is 2. The number of nitrogens with zero attached hydrogens (tertiary/aromatic N) is 3. The van der Waals surface area contributed by atoms with Crippen molar-refractivity contribution in [3.05, 3.63) is 71.5 Å². The summed E-state index contributed by atoms with van der Waals surface area (Å²) in [6.07, 6.45) is 0.852. The standard InChI is InChI=1S/C21H23N5O2S/c1-3-15-9-7-8-12-17(15)23-19(27)14-29-21-25-24-18(26(21)2)13-22-20(28)16-10-5-4-6-11-16/h4-12H,3,13-14H2,1-2H3,(H,22,28)(H,23,27). The molecule has 2 N–H and O–H groups in total. The Morgan fingerprint density at radius 3 is 2.52 bits per heavy atom. The molecule has 8 heteroatoms. The van der Waals surface area contributed by atoms with Gasteiger partial charge in [0.1, 0.15) is 0 Å². The summed E-state index contributed by atoms with van der Waals surface area (Å²) in [5.74, 6) is 0.573. The molecule has 0 unspecified atom stereocenters. The van der Waals surface area contributed by atoms with E-state index in [-0.39, 0.29) is 24.1 Å². The van der Waals surface area contributed by atoms with Gasteiger partial charge in [-0.3, -0.25) is 9.59 Å². The van der Waals surface area contributed by atoms with Crippen LogP contribution in [0.1, 0.15) is 28.7 Å². The van der Waals surface area contributed by atoms with E-state index in [2.05, 4.69) is 27.8 Å². The zero-order valence-electron chi connectivity index (χ0n) is 16.4. The lowest BCUT2D eigenvalue weighted by atomic mass is 10.1. The van der Waals surface area contributed by atoms with Gasteiger partial charge in [-0.05, 0) is 30.2 Å². The van der Waals surface area contributed by atoms with E-state index in [1.54, 1.807) is 16.7 Å². The van der Waals surface area contributed by atoms with Crippen molar-refractivity contribution < 1.29 is 9.59 Å².